The van der Waals surface area contributed by atoms with Gasteiger partial charge < -0.3 is 9.88 Å². The Balaban J connectivity index is 1.61. The fourth-order valence-electron chi connectivity index (χ4n) is 3.67. The second kappa shape index (κ2) is 6.75. The molecule has 1 aromatic heterocycles. The van der Waals surface area contributed by atoms with Crippen molar-refractivity contribution in [2.24, 2.45) is 0 Å². The lowest BCUT2D eigenvalue weighted by Gasteiger charge is -2.33. The SMILES string of the molecule is O=C(c1cccc(F)c1)N1CCCC(c2cc3ccccc3c(=O)[nH]2)C1. The number of piperidine rings is 1. The second-order valence-electron chi connectivity index (χ2n) is 6.74. The van der Waals surface area contributed by atoms with E-state index in [9.17, 15) is 14.0 Å². The van der Waals surface area contributed by atoms with Crippen LogP contribution in [0.15, 0.2) is 59.4 Å². The van der Waals surface area contributed by atoms with Crippen molar-refractivity contribution in [1.82, 2.24) is 9.88 Å². The van der Waals surface area contributed by atoms with Crippen LogP contribution in [0.3, 0.4) is 0 Å². The normalized spacial score (nSPS) is 17.4. The van der Waals surface area contributed by atoms with Crippen molar-refractivity contribution in [2.45, 2.75) is 18.8 Å². The minimum absolute atomic E-state index is 0.0681. The van der Waals surface area contributed by atoms with Gasteiger partial charge in [-0.3, -0.25) is 9.59 Å². The number of aromatic amines is 1. The van der Waals surface area contributed by atoms with E-state index in [-0.39, 0.29) is 17.4 Å². The average Bonchev–Trinajstić information content (AvgIpc) is 2.67. The second-order valence-corrected chi connectivity index (χ2v) is 6.74. The summed E-state index contributed by atoms with van der Waals surface area (Å²) in [6.07, 6.45) is 1.75. The molecular weight excluding hydrogens is 331 g/mol. The Bertz CT molecular complexity index is 1030. The minimum atomic E-state index is -0.414. The number of amides is 1. The zero-order valence-electron chi connectivity index (χ0n) is 14.2. The summed E-state index contributed by atoms with van der Waals surface area (Å²) < 4.78 is 13.4. The van der Waals surface area contributed by atoms with E-state index >= 15 is 0 Å². The summed E-state index contributed by atoms with van der Waals surface area (Å²) in [7, 11) is 0. The summed E-state index contributed by atoms with van der Waals surface area (Å²) in [5.41, 5.74) is 1.11. The first-order chi connectivity index (χ1) is 12.6. The minimum Gasteiger partial charge on any atom is -0.338 e. The van der Waals surface area contributed by atoms with Gasteiger partial charge in [-0.05, 0) is 48.6 Å². The predicted molar refractivity (Wildman–Crippen MR) is 98.8 cm³/mol. The van der Waals surface area contributed by atoms with Gasteiger partial charge in [-0.2, -0.15) is 0 Å². The number of nitrogens with zero attached hydrogens (tertiary/aromatic N) is 1. The van der Waals surface area contributed by atoms with Crippen LogP contribution in [-0.4, -0.2) is 28.9 Å². The summed E-state index contributed by atoms with van der Waals surface area (Å²) in [4.78, 5) is 29.8. The molecule has 1 fully saturated rings. The number of carbonyl (C=O) groups is 1. The van der Waals surface area contributed by atoms with Crippen LogP contribution >= 0.6 is 0 Å². The zero-order valence-corrected chi connectivity index (χ0v) is 14.2. The highest BCUT2D eigenvalue weighted by atomic mass is 19.1. The van der Waals surface area contributed by atoms with Crippen LogP contribution in [0.4, 0.5) is 4.39 Å². The third-order valence-electron chi connectivity index (χ3n) is 4.99. The maximum absolute atomic E-state index is 13.4. The Labute approximate surface area is 150 Å². The van der Waals surface area contributed by atoms with Crippen LogP contribution in [0.2, 0.25) is 0 Å². The highest BCUT2D eigenvalue weighted by Gasteiger charge is 2.26. The Morgan fingerprint density at radius 2 is 1.96 bits per heavy atom. The number of H-pyrrole nitrogens is 1. The molecule has 0 saturated carbocycles. The van der Waals surface area contributed by atoms with E-state index in [1.807, 2.05) is 24.3 Å². The smallest absolute Gasteiger partial charge is 0.256 e. The number of hydrogen-bond acceptors (Lipinski definition) is 2. The number of nitrogens with one attached hydrogen (secondary N) is 1. The number of fused-ring (bicyclic) bond motifs is 1. The number of aromatic nitrogens is 1. The van der Waals surface area contributed by atoms with Crippen LogP contribution in [0.1, 0.15) is 34.8 Å². The van der Waals surface area contributed by atoms with Crippen molar-refractivity contribution < 1.29 is 9.18 Å². The fraction of sp³-hybridized carbons (Fsp3) is 0.238. The largest absolute Gasteiger partial charge is 0.338 e. The van der Waals surface area contributed by atoms with Gasteiger partial charge in [-0.1, -0.05) is 24.3 Å². The van der Waals surface area contributed by atoms with E-state index in [2.05, 4.69) is 4.98 Å². The zero-order chi connectivity index (χ0) is 18.1. The van der Waals surface area contributed by atoms with Crippen molar-refractivity contribution in [3.8, 4) is 0 Å². The summed E-state index contributed by atoms with van der Waals surface area (Å²) in [6, 6.07) is 15.3. The summed E-state index contributed by atoms with van der Waals surface area (Å²) in [6.45, 7) is 1.16. The first-order valence-electron chi connectivity index (χ1n) is 8.78. The molecule has 1 atom stereocenters. The van der Waals surface area contributed by atoms with Gasteiger partial charge >= 0.3 is 0 Å². The molecular formula is C21H19FN2O2. The van der Waals surface area contributed by atoms with Gasteiger partial charge in [0, 0.05) is 35.7 Å². The molecule has 1 N–H and O–H groups in total. The van der Waals surface area contributed by atoms with Gasteiger partial charge in [0.05, 0.1) is 0 Å². The third-order valence-corrected chi connectivity index (χ3v) is 4.99. The van der Waals surface area contributed by atoms with Gasteiger partial charge in [-0.15, -0.1) is 0 Å². The number of halogens is 1. The molecule has 132 valence electrons. The number of hydrogen-bond donors (Lipinski definition) is 1. The quantitative estimate of drug-likeness (QED) is 0.766. The lowest BCUT2D eigenvalue weighted by Crippen LogP contribution is -2.39. The Morgan fingerprint density at radius 1 is 1.12 bits per heavy atom. The van der Waals surface area contributed by atoms with Crippen LogP contribution in [0, 0.1) is 5.82 Å². The number of likely N-dealkylation sites (tertiary alicyclic amines) is 1. The lowest BCUT2D eigenvalue weighted by molar-refractivity contribution is 0.0705. The third kappa shape index (κ3) is 3.12. The molecule has 1 unspecified atom stereocenters. The monoisotopic (exact) mass is 350 g/mol. The van der Waals surface area contributed by atoms with Crippen molar-refractivity contribution in [1.29, 1.82) is 0 Å². The molecule has 0 spiro atoms. The standard InChI is InChI=1S/C21H19FN2O2/c22-17-8-3-6-15(11-17)21(26)24-10-4-7-16(13-24)19-12-14-5-1-2-9-18(14)20(25)23-19/h1-3,5-6,8-9,11-12,16H,4,7,10,13H2,(H,23,25). The highest BCUT2D eigenvalue weighted by molar-refractivity contribution is 5.94. The summed E-state index contributed by atoms with van der Waals surface area (Å²) in [5, 5.41) is 1.57. The molecule has 26 heavy (non-hydrogen) atoms. The van der Waals surface area contributed by atoms with Gasteiger partial charge in [0.15, 0.2) is 0 Å². The maximum atomic E-state index is 13.4. The first-order valence-corrected chi connectivity index (χ1v) is 8.78. The molecule has 4 nitrogen and oxygen atoms in total. The van der Waals surface area contributed by atoms with Crippen LogP contribution in [-0.2, 0) is 0 Å². The molecule has 4 rings (SSSR count). The topological polar surface area (TPSA) is 53.2 Å². The molecule has 2 heterocycles. The van der Waals surface area contributed by atoms with Gasteiger partial charge in [0.2, 0.25) is 0 Å². The van der Waals surface area contributed by atoms with Crippen LogP contribution < -0.4 is 5.56 Å². The van der Waals surface area contributed by atoms with E-state index in [0.29, 0.717) is 24.0 Å². The van der Waals surface area contributed by atoms with E-state index in [1.54, 1.807) is 23.1 Å². The number of benzene rings is 2. The molecule has 0 radical (unpaired) electrons. The van der Waals surface area contributed by atoms with Crippen LogP contribution in [0.25, 0.3) is 10.8 Å². The number of rotatable bonds is 2. The summed E-state index contributed by atoms with van der Waals surface area (Å²) >= 11 is 0. The maximum Gasteiger partial charge on any atom is 0.256 e. The van der Waals surface area contributed by atoms with Gasteiger partial charge in [0.1, 0.15) is 5.82 Å². The number of pyridine rings is 1. The molecule has 5 heteroatoms. The van der Waals surface area contributed by atoms with E-state index in [1.165, 1.54) is 12.1 Å². The predicted octanol–water partition coefficient (Wildman–Crippen LogP) is 3.69. The molecule has 0 bridgehead atoms. The average molecular weight is 350 g/mol. The number of carbonyl (C=O) groups excluding carboxylic acids is 1. The Hall–Kier alpha value is -2.95. The molecule has 1 amide bonds. The Kier molecular flexibility index (Phi) is 4.29. The molecule has 1 saturated heterocycles. The lowest BCUT2D eigenvalue weighted by atomic mass is 9.93. The van der Waals surface area contributed by atoms with Crippen molar-refractivity contribution in [3.05, 3.63) is 82.0 Å². The fourth-order valence-corrected chi connectivity index (χ4v) is 3.67. The molecule has 1 aliphatic heterocycles. The van der Waals surface area contributed by atoms with E-state index < -0.39 is 5.82 Å². The van der Waals surface area contributed by atoms with Crippen molar-refractivity contribution >= 4 is 16.7 Å². The Morgan fingerprint density at radius 3 is 2.81 bits per heavy atom. The molecule has 3 aromatic rings. The van der Waals surface area contributed by atoms with E-state index in [0.717, 1.165) is 23.9 Å². The van der Waals surface area contributed by atoms with Gasteiger partial charge in [-0.25, -0.2) is 4.39 Å². The van der Waals surface area contributed by atoms with E-state index in [4.69, 9.17) is 0 Å². The summed E-state index contributed by atoms with van der Waals surface area (Å²) in [5.74, 6) is -0.515. The highest BCUT2D eigenvalue weighted by Crippen LogP contribution is 2.27. The molecule has 1 aliphatic rings. The first kappa shape index (κ1) is 16.5. The molecule has 0 aliphatic carbocycles. The van der Waals surface area contributed by atoms with Gasteiger partial charge in [0.25, 0.3) is 11.5 Å². The van der Waals surface area contributed by atoms with Crippen LogP contribution in [0.5, 0.6) is 0 Å². The molecule has 2 aromatic carbocycles. The van der Waals surface area contributed by atoms with Crippen molar-refractivity contribution in [3.63, 3.8) is 0 Å². The van der Waals surface area contributed by atoms with Crippen molar-refractivity contribution in [2.75, 3.05) is 13.1 Å².